The number of hydrogen-bond donors (Lipinski definition) is 0. The van der Waals surface area contributed by atoms with Gasteiger partial charge in [0.05, 0.1) is 13.0 Å². The molecule has 0 spiro atoms. The summed E-state index contributed by atoms with van der Waals surface area (Å²) < 4.78 is 4.81. The zero-order valence-electron chi connectivity index (χ0n) is 9.56. The van der Waals surface area contributed by atoms with Crippen molar-refractivity contribution in [3.63, 3.8) is 0 Å². The average Bonchev–Trinajstić information content (AvgIpc) is 2.39. The molecule has 86 valence electrons. The Kier molecular flexibility index (Phi) is 3.44. The number of rotatable bonds is 2. The van der Waals surface area contributed by atoms with Crippen molar-refractivity contribution in [2.24, 2.45) is 5.92 Å². The fourth-order valence-corrected chi connectivity index (χ4v) is 2.21. The highest BCUT2D eigenvalue weighted by Crippen LogP contribution is 2.23. The Morgan fingerprint density at radius 3 is 2.81 bits per heavy atom. The van der Waals surface area contributed by atoms with Gasteiger partial charge in [-0.3, -0.25) is 4.79 Å². The molecule has 1 aromatic rings. The van der Waals surface area contributed by atoms with E-state index in [1.807, 2.05) is 18.2 Å². The maximum atomic E-state index is 11.5. The minimum atomic E-state index is -0.0827. The van der Waals surface area contributed by atoms with Crippen LogP contribution < -0.4 is 4.90 Å². The third kappa shape index (κ3) is 2.35. The number of benzene rings is 1. The lowest BCUT2D eigenvalue weighted by Crippen LogP contribution is -2.39. The molecule has 16 heavy (non-hydrogen) atoms. The van der Waals surface area contributed by atoms with Crippen LogP contribution in [-0.4, -0.2) is 26.2 Å². The largest absolute Gasteiger partial charge is 0.469 e. The Hall–Kier alpha value is -1.51. The Morgan fingerprint density at radius 1 is 1.38 bits per heavy atom. The molecule has 1 saturated heterocycles. The van der Waals surface area contributed by atoms with Crippen molar-refractivity contribution in [2.45, 2.75) is 12.8 Å². The minimum absolute atomic E-state index is 0.0268. The molecule has 1 aliphatic heterocycles. The van der Waals surface area contributed by atoms with Crippen molar-refractivity contribution in [1.29, 1.82) is 0 Å². The zero-order chi connectivity index (χ0) is 11.4. The Morgan fingerprint density at radius 2 is 2.12 bits per heavy atom. The summed E-state index contributed by atoms with van der Waals surface area (Å²) in [7, 11) is 1.46. The average molecular weight is 219 g/mol. The van der Waals surface area contributed by atoms with E-state index >= 15 is 0 Å². The molecule has 1 heterocycles. The number of carbonyl (C=O) groups excluding carboxylic acids is 1. The maximum Gasteiger partial charge on any atom is 0.310 e. The zero-order valence-corrected chi connectivity index (χ0v) is 9.56. The van der Waals surface area contributed by atoms with Crippen molar-refractivity contribution in [2.75, 3.05) is 25.1 Å². The number of hydrogen-bond acceptors (Lipinski definition) is 3. The number of anilines is 1. The first-order valence-corrected chi connectivity index (χ1v) is 5.69. The van der Waals surface area contributed by atoms with Crippen molar-refractivity contribution >= 4 is 11.7 Å². The lowest BCUT2D eigenvalue weighted by molar-refractivity contribution is -0.145. The van der Waals surface area contributed by atoms with E-state index in [2.05, 4.69) is 17.0 Å². The van der Waals surface area contributed by atoms with Crippen LogP contribution in [-0.2, 0) is 9.53 Å². The fraction of sp³-hybridized carbons (Fsp3) is 0.462. The molecule has 0 radical (unpaired) electrons. The van der Waals surface area contributed by atoms with E-state index in [0.717, 1.165) is 25.9 Å². The van der Waals surface area contributed by atoms with E-state index in [-0.39, 0.29) is 11.9 Å². The molecule has 1 aromatic carbocycles. The van der Waals surface area contributed by atoms with Crippen molar-refractivity contribution < 1.29 is 9.53 Å². The number of para-hydroxylation sites is 1. The van der Waals surface area contributed by atoms with Gasteiger partial charge in [0, 0.05) is 18.8 Å². The Balaban J connectivity index is 2.05. The molecule has 3 heteroatoms. The van der Waals surface area contributed by atoms with Gasteiger partial charge in [0.25, 0.3) is 0 Å². The Bertz CT molecular complexity index is 350. The summed E-state index contributed by atoms with van der Waals surface area (Å²) in [5.41, 5.74) is 1.19. The van der Waals surface area contributed by atoms with E-state index in [0.29, 0.717) is 0 Å². The molecule has 3 nitrogen and oxygen atoms in total. The smallest absolute Gasteiger partial charge is 0.310 e. The summed E-state index contributed by atoms with van der Waals surface area (Å²) in [4.78, 5) is 13.7. The first kappa shape index (κ1) is 11.0. The maximum absolute atomic E-state index is 11.5. The number of carbonyl (C=O) groups is 1. The molecule has 0 aromatic heterocycles. The van der Waals surface area contributed by atoms with Gasteiger partial charge in [-0.1, -0.05) is 18.2 Å². The molecular weight excluding hydrogens is 202 g/mol. The van der Waals surface area contributed by atoms with Crippen molar-refractivity contribution in [3.05, 3.63) is 30.3 Å². The quantitative estimate of drug-likeness (QED) is 0.713. The molecule has 0 aliphatic carbocycles. The number of esters is 1. The summed E-state index contributed by atoms with van der Waals surface area (Å²) in [5.74, 6) is -0.0559. The van der Waals surface area contributed by atoms with Crippen LogP contribution in [0.5, 0.6) is 0 Å². The van der Waals surface area contributed by atoms with E-state index in [4.69, 9.17) is 4.74 Å². The van der Waals surface area contributed by atoms with Crippen LogP contribution in [0.25, 0.3) is 0 Å². The monoisotopic (exact) mass is 219 g/mol. The lowest BCUT2D eigenvalue weighted by atomic mass is 9.98. The molecule has 0 saturated carbocycles. The highest BCUT2D eigenvalue weighted by atomic mass is 16.5. The Labute approximate surface area is 96.0 Å². The third-order valence-corrected chi connectivity index (χ3v) is 3.08. The molecule has 1 fully saturated rings. The van der Waals surface area contributed by atoms with Crippen LogP contribution in [0.2, 0.25) is 0 Å². The SMILES string of the molecule is COC(=O)[C@@H]1CCCN(c2ccccc2)C1. The highest BCUT2D eigenvalue weighted by Gasteiger charge is 2.26. The van der Waals surface area contributed by atoms with Crippen LogP contribution in [0.4, 0.5) is 5.69 Å². The molecule has 0 N–H and O–H groups in total. The number of piperidine rings is 1. The topological polar surface area (TPSA) is 29.5 Å². The van der Waals surface area contributed by atoms with Gasteiger partial charge in [-0.25, -0.2) is 0 Å². The van der Waals surface area contributed by atoms with Crippen LogP contribution >= 0.6 is 0 Å². The number of nitrogens with zero attached hydrogens (tertiary/aromatic N) is 1. The van der Waals surface area contributed by atoms with Crippen LogP contribution in [0.15, 0.2) is 30.3 Å². The first-order chi connectivity index (χ1) is 7.81. The molecule has 0 unspecified atom stereocenters. The first-order valence-electron chi connectivity index (χ1n) is 5.69. The predicted octanol–water partition coefficient (Wildman–Crippen LogP) is 2.08. The summed E-state index contributed by atoms with van der Waals surface area (Å²) in [5, 5.41) is 0. The number of ether oxygens (including phenoxy) is 1. The molecule has 0 amide bonds. The summed E-state index contributed by atoms with van der Waals surface area (Å²) in [6.07, 6.45) is 1.99. The van der Waals surface area contributed by atoms with Crippen molar-refractivity contribution in [1.82, 2.24) is 0 Å². The second kappa shape index (κ2) is 5.01. The van der Waals surface area contributed by atoms with Crippen LogP contribution in [0, 0.1) is 5.92 Å². The standard InChI is InChI=1S/C13H17NO2/c1-16-13(15)11-6-5-9-14(10-11)12-7-3-2-4-8-12/h2-4,7-8,11H,5-6,9-10H2,1H3/t11-/m1/s1. The van der Waals surface area contributed by atoms with Crippen LogP contribution in [0.1, 0.15) is 12.8 Å². The number of methoxy groups -OCH3 is 1. The molecule has 2 rings (SSSR count). The van der Waals surface area contributed by atoms with Gasteiger partial charge in [-0.15, -0.1) is 0 Å². The molecule has 1 aliphatic rings. The summed E-state index contributed by atoms with van der Waals surface area (Å²) in [6, 6.07) is 10.2. The molecule has 0 bridgehead atoms. The van der Waals surface area contributed by atoms with Crippen molar-refractivity contribution in [3.8, 4) is 0 Å². The van der Waals surface area contributed by atoms with Gasteiger partial charge in [0.15, 0.2) is 0 Å². The van der Waals surface area contributed by atoms with E-state index < -0.39 is 0 Å². The molecular formula is C13H17NO2. The van der Waals surface area contributed by atoms with Gasteiger partial charge in [0.2, 0.25) is 0 Å². The lowest BCUT2D eigenvalue weighted by Gasteiger charge is -2.33. The van der Waals surface area contributed by atoms with Gasteiger partial charge < -0.3 is 9.64 Å². The molecule has 1 atom stereocenters. The second-order valence-electron chi connectivity index (χ2n) is 4.14. The van der Waals surface area contributed by atoms with Gasteiger partial charge >= 0.3 is 5.97 Å². The summed E-state index contributed by atoms with van der Waals surface area (Å²) in [6.45, 7) is 1.80. The predicted molar refractivity (Wildman–Crippen MR) is 63.4 cm³/mol. The van der Waals surface area contributed by atoms with Gasteiger partial charge in [-0.2, -0.15) is 0 Å². The second-order valence-corrected chi connectivity index (χ2v) is 4.14. The van der Waals surface area contributed by atoms with E-state index in [1.54, 1.807) is 0 Å². The summed E-state index contributed by atoms with van der Waals surface area (Å²) >= 11 is 0. The fourth-order valence-electron chi connectivity index (χ4n) is 2.21. The minimum Gasteiger partial charge on any atom is -0.469 e. The van der Waals surface area contributed by atoms with Gasteiger partial charge in [-0.05, 0) is 25.0 Å². The van der Waals surface area contributed by atoms with Gasteiger partial charge in [0.1, 0.15) is 0 Å². The van der Waals surface area contributed by atoms with E-state index in [1.165, 1.54) is 12.8 Å². The van der Waals surface area contributed by atoms with E-state index in [9.17, 15) is 4.79 Å². The van der Waals surface area contributed by atoms with Crippen LogP contribution in [0.3, 0.4) is 0 Å². The normalized spacial score (nSPS) is 20.6. The highest BCUT2D eigenvalue weighted by molar-refractivity contribution is 5.73. The third-order valence-electron chi connectivity index (χ3n) is 3.08.